The van der Waals surface area contributed by atoms with Crippen molar-refractivity contribution in [2.75, 3.05) is 0 Å². The third-order valence-corrected chi connectivity index (χ3v) is 8.57. The van der Waals surface area contributed by atoms with Gasteiger partial charge in [0.2, 0.25) is 0 Å². The van der Waals surface area contributed by atoms with Gasteiger partial charge in [0, 0.05) is 0 Å². The van der Waals surface area contributed by atoms with Crippen molar-refractivity contribution >= 4 is 0 Å². The van der Waals surface area contributed by atoms with Crippen LogP contribution in [-0.4, -0.2) is 33.1 Å². The Hall–Kier alpha value is -0.120. The zero-order valence-corrected chi connectivity index (χ0v) is 15.2. The highest BCUT2D eigenvalue weighted by molar-refractivity contribution is 5.18. The van der Waals surface area contributed by atoms with Crippen LogP contribution in [-0.2, 0) is 0 Å². The zero-order chi connectivity index (χ0) is 16.8. The van der Waals surface area contributed by atoms with Crippen molar-refractivity contribution in [2.45, 2.75) is 90.4 Å². The van der Waals surface area contributed by atoms with Crippen LogP contribution in [0.3, 0.4) is 0 Å². The molecule has 0 aliphatic heterocycles. The lowest BCUT2D eigenvalue weighted by atomic mass is 9.40. The van der Waals surface area contributed by atoms with E-state index in [1.54, 1.807) is 0 Å². The van der Waals surface area contributed by atoms with Crippen molar-refractivity contribution in [1.29, 1.82) is 0 Å². The summed E-state index contributed by atoms with van der Waals surface area (Å²) < 4.78 is 0. The van der Waals surface area contributed by atoms with Gasteiger partial charge in [-0.05, 0) is 85.9 Å². The summed E-state index contributed by atoms with van der Waals surface area (Å²) in [4.78, 5) is 0. The summed E-state index contributed by atoms with van der Waals surface area (Å²) in [5.74, 6) is 1.19. The molecule has 0 unspecified atom stereocenters. The number of hydrogen-bond donors (Lipinski definition) is 3. The van der Waals surface area contributed by atoms with Gasteiger partial charge in [-0.25, -0.2) is 0 Å². The molecule has 3 heteroatoms. The van der Waals surface area contributed by atoms with Gasteiger partial charge in [-0.2, -0.15) is 0 Å². The Kier molecular flexibility index (Phi) is 3.22. The molecule has 4 rings (SSSR count). The summed E-state index contributed by atoms with van der Waals surface area (Å²) in [6.45, 7) is 8.81. The Morgan fingerprint density at radius 1 is 0.870 bits per heavy atom. The van der Waals surface area contributed by atoms with Crippen LogP contribution in [0.1, 0.15) is 72.6 Å². The van der Waals surface area contributed by atoms with Crippen LogP contribution in [0.15, 0.2) is 0 Å². The number of aliphatic hydroxyl groups excluding tert-OH is 2. The van der Waals surface area contributed by atoms with E-state index in [-0.39, 0.29) is 34.4 Å². The molecule has 0 aromatic rings. The van der Waals surface area contributed by atoms with Gasteiger partial charge in [-0.3, -0.25) is 0 Å². The van der Waals surface area contributed by atoms with Crippen LogP contribution < -0.4 is 0 Å². The maximum atomic E-state index is 11.2. The third kappa shape index (κ3) is 2.05. The second kappa shape index (κ2) is 4.53. The summed E-state index contributed by atoms with van der Waals surface area (Å²) in [6, 6.07) is 0. The molecule has 4 saturated carbocycles. The predicted molar refractivity (Wildman–Crippen MR) is 89.7 cm³/mol. The summed E-state index contributed by atoms with van der Waals surface area (Å²) in [7, 11) is 0. The van der Waals surface area contributed by atoms with Crippen molar-refractivity contribution in [2.24, 2.45) is 34.0 Å². The average Bonchev–Trinajstić information content (AvgIpc) is 2.51. The van der Waals surface area contributed by atoms with Gasteiger partial charge in [0.15, 0.2) is 0 Å². The molecule has 0 radical (unpaired) electrons. The molecule has 23 heavy (non-hydrogen) atoms. The zero-order valence-electron chi connectivity index (χ0n) is 15.2. The second-order valence-corrected chi connectivity index (χ2v) is 10.7. The Bertz CT molecular complexity index is 513. The second-order valence-electron chi connectivity index (χ2n) is 10.7. The van der Waals surface area contributed by atoms with E-state index < -0.39 is 5.60 Å². The minimum absolute atomic E-state index is 0.00970. The first-order chi connectivity index (χ1) is 10.5. The van der Waals surface area contributed by atoms with Crippen LogP contribution in [0.2, 0.25) is 0 Å². The van der Waals surface area contributed by atoms with E-state index in [9.17, 15) is 15.3 Å². The highest BCUT2D eigenvalue weighted by Crippen LogP contribution is 2.72. The average molecular weight is 322 g/mol. The van der Waals surface area contributed by atoms with E-state index in [2.05, 4.69) is 20.8 Å². The molecule has 0 aromatic carbocycles. The Morgan fingerprint density at radius 2 is 1.57 bits per heavy atom. The molecule has 0 amide bonds. The Balaban J connectivity index is 1.79. The fourth-order valence-electron chi connectivity index (χ4n) is 8.51. The predicted octanol–water partition coefficient (Wildman–Crippen LogP) is 3.11. The highest BCUT2D eigenvalue weighted by atomic mass is 16.3. The smallest absolute Gasteiger partial charge is 0.0653 e. The van der Waals surface area contributed by atoms with E-state index in [1.165, 1.54) is 0 Å². The molecule has 0 aromatic heterocycles. The standard InChI is InChI=1S/C20H34O3/c1-17(2)8-13(21)9-18(3)15-6-5-12-7-20(15,11-19(12,4)23)10-14(22)16(17)18/h12-16,21-23H,5-11H2,1-4H3/t12-,13+,14+,15+,16-,18+,19-,20-/m1/s1. The summed E-state index contributed by atoms with van der Waals surface area (Å²) in [5.41, 5.74) is -0.514. The monoisotopic (exact) mass is 322 g/mol. The number of fused-ring (bicyclic) bond motifs is 3. The molecule has 1 spiro atoms. The molecular weight excluding hydrogens is 288 g/mol. The lowest BCUT2D eigenvalue weighted by Crippen LogP contribution is -2.63. The molecule has 0 heterocycles. The summed E-state index contributed by atoms with van der Waals surface area (Å²) in [6.07, 6.45) is 6.08. The minimum Gasteiger partial charge on any atom is -0.393 e. The fourth-order valence-corrected chi connectivity index (χ4v) is 8.51. The first-order valence-electron chi connectivity index (χ1n) is 9.59. The van der Waals surface area contributed by atoms with Gasteiger partial charge < -0.3 is 15.3 Å². The number of aliphatic hydroxyl groups is 3. The third-order valence-electron chi connectivity index (χ3n) is 8.57. The molecule has 2 bridgehead atoms. The molecular formula is C20H34O3. The molecule has 0 saturated heterocycles. The summed E-state index contributed by atoms with van der Waals surface area (Å²) >= 11 is 0. The van der Waals surface area contributed by atoms with E-state index >= 15 is 0 Å². The SMILES string of the molecule is CC1(C)C[C@H](O)C[C@]2(C)[C@@H]1[C@@H](O)C[C@@]13C[C@@H](CC[C@H]12)[C@](C)(O)C3. The van der Waals surface area contributed by atoms with Gasteiger partial charge in [0.1, 0.15) is 0 Å². The topological polar surface area (TPSA) is 60.7 Å². The van der Waals surface area contributed by atoms with Crippen LogP contribution in [0.4, 0.5) is 0 Å². The molecule has 4 aliphatic rings. The quantitative estimate of drug-likeness (QED) is 0.642. The van der Waals surface area contributed by atoms with E-state index in [1.807, 2.05) is 6.92 Å². The van der Waals surface area contributed by atoms with Gasteiger partial charge in [0.25, 0.3) is 0 Å². The van der Waals surface area contributed by atoms with Crippen molar-refractivity contribution < 1.29 is 15.3 Å². The molecule has 3 N–H and O–H groups in total. The van der Waals surface area contributed by atoms with Crippen LogP contribution in [0.5, 0.6) is 0 Å². The van der Waals surface area contributed by atoms with Crippen molar-refractivity contribution in [3.63, 3.8) is 0 Å². The van der Waals surface area contributed by atoms with E-state index in [0.29, 0.717) is 11.8 Å². The number of hydrogen-bond acceptors (Lipinski definition) is 3. The Labute approximate surface area is 140 Å². The lowest BCUT2D eigenvalue weighted by Gasteiger charge is -2.66. The van der Waals surface area contributed by atoms with Gasteiger partial charge in [-0.1, -0.05) is 20.8 Å². The first kappa shape index (κ1) is 16.4. The van der Waals surface area contributed by atoms with Crippen LogP contribution >= 0.6 is 0 Å². The van der Waals surface area contributed by atoms with Gasteiger partial charge in [-0.15, -0.1) is 0 Å². The minimum atomic E-state index is -0.569. The molecule has 8 atom stereocenters. The van der Waals surface area contributed by atoms with E-state index in [4.69, 9.17) is 0 Å². The molecule has 4 aliphatic carbocycles. The summed E-state index contributed by atoms with van der Waals surface area (Å²) in [5, 5.41) is 32.6. The molecule has 3 nitrogen and oxygen atoms in total. The lowest BCUT2D eigenvalue weighted by molar-refractivity contribution is -0.216. The normalized spacial score (nSPS) is 60.9. The van der Waals surface area contributed by atoms with Gasteiger partial charge in [0.05, 0.1) is 17.8 Å². The maximum Gasteiger partial charge on any atom is 0.0653 e. The molecule has 4 fully saturated rings. The van der Waals surface area contributed by atoms with Crippen molar-refractivity contribution in [3.05, 3.63) is 0 Å². The van der Waals surface area contributed by atoms with E-state index in [0.717, 1.165) is 44.9 Å². The molecule has 132 valence electrons. The van der Waals surface area contributed by atoms with Crippen molar-refractivity contribution in [1.82, 2.24) is 0 Å². The largest absolute Gasteiger partial charge is 0.393 e. The first-order valence-corrected chi connectivity index (χ1v) is 9.59. The van der Waals surface area contributed by atoms with Crippen LogP contribution in [0.25, 0.3) is 0 Å². The van der Waals surface area contributed by atoms with Crippen LogP contribution in [0, 0.1) is 34.0 Å². The van der Waals surface area contributed by atoms with Crippen molar-refractivity contribution in [3.8, 4) is 0 Å². The Morgan fingerprint density at radius 3 is 2.26 bits per heavy atom. The fraction of sp³-hybridized carbons (Fsp3) is 1.00. The number of rotatable bonds is 0. The van der Waals surface area contributed by atoms with Gasteiger partial charge >= 0.3 is 0 Å². The maximum absolute atomic E-state index is 11.2. The highest BCUT2D eigenvalue weighted by Gasteiger charge is 2.69.